The van der Waals surface area contributed by atoms with Gasteiger partial charge in [-0.15, -0.1) is 24.8 Å². The number of nitrogens with two attached hydrogens (primary N) is 1. The first-order valence-corrected chi connectivity index (χ1v) is 7.83. The molecule has 0 saturated carbocycles. The van der Waals surface area contributed by atoms with Crippen molar-refractivity contribution < 1.29 is 9.59 Å². The van der Waals surface area contributed by atoms with Crippen molar-refractivity contribution >= 4 is 36.6 Å². The quantitative estimate of drug-likeness (QED) is 0.622. The Morgan fingerprint density at radius 2 is 1.68 bits per heavy atom. The van der Waals surface area contributed by atoms with Crippen LogP contribution in [0, 0.1) is 5.92 Å². The van der Waals surface area contributed by atoms with Crippen molar-refractivity contribution in [2.75, 3.05) is 27.2 Å². The van der Waals surface area contributed by atoms with Crippen molar-refractivity contribution in [3.8, 4) is 0 Å². The van der Waals surface area contributed by atoms with Gasteiger partial charge in [-0.1, -0.05) is 44.2 Å². The van der Waals surface area contributed by atoms with E-state index in [4.69, 9.17) is 5.73 Å². The molecule has 2 amide bonds. The summed E-state index contributed by atoms with van der Waals surface area (Å²) in [5, 5.41) is 5.54. The van der Waals surface area contributed by atoms with E-state index in [9.17, 15) is 9.59 Å². The van der Waals surface area contributed by atoms with Crippen molar-refractivity contribution in [1.29, 1.82) is 0 Å². The summed E-state index contributed by atoms with van der Waals surface area (Å²) in [5.74, 6) is -0.507. The Hall–Kier alpha value is -1.34. The summed E-state index contributed by atoms with van der Waals surface area (Å²) in [5.41, 5.74) is 6.78. The van der Waals surface area contributed by atoms with E-state index in [0.717, 1.165) is 5.56 Å². The molecule has 0 aliphatic heterocycles. The van der Waals surface area contributed by atoms with E-state index in [0.29, 0.717) is 6.54 Å². The van der Waals surface area contributed by atoms with Gasteiger partial charge in [-0.2, -0.15) is 0 Å². The Labute approximate surface area is 162 Å². The molecule has 6 nitrogen and oxygen atoms in total. The summed E-state index contributed by atoms with van der Waals surface area (Å²) in [4.78, 5) is 25.9. The molecule has 0 aliphatic carbocycles. The number of halogens is 2. The van der Waals surface area contributed by atoms with E-state index < -0.39 is 6.04 Å². The number of likely N-dealkylation sites (N-methyl/N-ethyl adjacent to an activating group) is 1. The van der Waals surface area contributed by atoms with Gasteiger partial charge in [0.15, 0.2) is 0 Å². The van der Waals surface area contributed by atoms with Crippen LogP contribution >= 0.6 is 24.8 Å². The fraction of sp³-hybridized carbons (Fsp3) is 0.529. The van der Waals surface area contributed by atoms with Gasteiger partial charge in [0.2, 0.25) is 11.8 Å². The molecule has 0 bridgehead atoms. The monoisotopic (exact) mass is 392 g/mol. The predicted octanol–water partition coefficient (Wildman–Crippen LogP) is 1.35. The third-order valence-corrected chi connectivity index (χ3v) is 3.53. The maximum Gasteiger partial charge on any atom is 0.239 e. The van der Waals surface area contributed by atoms with Gasteiger partial charge in [-0.05, 0) is 25.6 Å². The SMILES string of the molecule is CC(C)[C@H](N)C(=O)NCC(=O)NC(CN(C)C)c1ccccc1.Cl.Cl. The number of nitrogens with one attached hydrogen (secondary N) is 2. The number of nitrogens with zero attached hydrogens (tertiary/aromatic N) is 1. The number of carbonyl (C=O) groups is 2. The van der Waals surface area contributed by atoms with Crippen molar-refractivity contribution in [3.05, 3.63) is 35.9 Å². The Balaban J connectivity index is 0. The second-order valence-corrected chi connectivity index (χ2v) is 6.28. The van der Waals surface area contributed by atoms with Gasteiger partial charge >= 0.3 is 0 Å². The zero-order chi connectivity index (χ0) is 17.4. The van der Waals surface area contributed by atoms with E-state index in [2.05, 4.69) is 10.6 Å². The van der Waals surface area contributed by atoms with Gasteiger partial charge in [0.05, 0.1) is 18.6 Å². The highest BCUT2D eigenvalue weighted by Crippen LogP contribution is 2.13. The molecule has 0 heterocycles. The van der Waals surface area contributed by atoms with Crippen LogP contribution in [-0.4, -0.2) is 49.9 Å². The molecule has 2 atom stereocenters. The van der Waals surface area contributed by atoms with Crippen LogP contribution < -0.4 is 16.4 Å². The first kappa shape index (κ1) is 25.9. The van der Waals surface area contributed by atoms with Crippen molar-refractivity contribution in [3.63, 3.8) is 0 Å². The van der Waals surface area contributed by atoms with Gasteiger partial charge in [-0.25, -0.2) is 0 Å². The van der Waals surface area contributed by atoms with E-state index in [1.165, 1.54) is 0 Å². The van der Waals surface area contributed by atoms with Crippen LogP contribution in [-0.2, 0) is 9.59 Å². The van der Waals surface area contributed by atoms with Crippen LogP contribution in [0.3, 0.4) is 0 Å². The second-order valence-electron chi connectivity index (χ2n) is 6.28. The van der Waals surface area contributed by atoms with Crippen LogP contribution in [0.15, 0.2) is 30.3 Å². The van der Waals surface area contributed by atoms with Crippen molar-refractivity contribution in [2.24, 2.45) is 11.7 Å². The van der Waals surface area contributed by atoms with Gasteiger partial charge in [0, 0.05) is 6.54 Å². The Morgan fingerprint density at radius 3 is 2.16 bits per heavy atom. The molecule has 0 spiro atoms. The summed E-state index contributed by atoms with van der Waals surface area (Å²) in [7, 11) is 3.90. The third kappa shape index (κ3) is 9.65. The molecule has 0 aliphatic rings. The maximum atomic E-state index is 12.1. The van der Waals surface area contributed by atoms with Crippen LogP contribution in [0.4, 0.5) is 0 Å². The summed E-state index contributed by atoms with van der Waals surface area (Å²) >= 11 is 0. The summed E-state index contributed by atoms with van der Waals surface area (Å²) in [6.07, 6.45) is 0. The lowest BCUT2D eigenvalue weighted by Gasteiger charge is -2.23. The van der Waals surface area contributed by atoms with E-state index in [1.807, 2.05) is 63.2 Å². The Bertz CT molecular complexity index is 513. The molecule has 144 valence electrons. The lowest BCUT2D eigenvalue weighted by Crippen LogP contribution is -2.48. The molecular weight excluding hydrogens is 363 g/mol. The van der Waals surface area contributed by atoms with Crippen molar-refractivity contribution in [2.45, 2.75) is 25.9 Å². The standard InChI is InChI=1S/C17H28N4O2.2ClH/c1-12(2)16(18)17(23)19-10-15(22)20-14(11-21(3)4)13-8-6-5-7-9-13;;/h5-9,12,14,16H,10-11,18H2,1-4H3,(H,19,23)(H,20,22);2*1H/t14?,16-;;/m0../s1. The first-order chi connectivity index (χ1) is 10.8. The number of carbonyl (C=O) groups excluding carboxylic acids is 2. The maximum absolute atomic E-state index is 12.1. The van der Waals surface area contributed by atoms with Crippen LogP contribution in [0.1, 0.15) is 25.5 Å². The van der Waals surface area contributed by atoms with Gasteiger partial charge < -0.3 is 21.3 Å². The molecule has 0 saturated heterocycles. The number of amides is 2. The van der Waals surface area contributed by atoms with E-state index in [-0.39, 0.29) is 55.1 Å². The smallest absolute Gasteiger partial charge is 0.239 e. The Kier molecular flexibility index (Phi) is 13.4. The lowest BCUT2D eigenvalue weighted by molar-refractivity contribution is -0.127. The second kappa shape index (κ2) is 12.9. The van der Waals surface area contributed by atoms with Gasteiger partial charge in [0.25, 0.3) is 0 Å². The molecule has 4 N–H and O–H groups in total. The molecule has 0 radical (unpaired) electrons. The van der Waals surface area contributed by atoms with Crippen molar-refractivity contribution in [1.82, 2.24) is 15.5 Å². The van der Waals surface area contributed by atoms with Crippen LogP contribution in [0.2, 0.25) is 0 Å². The minimum atomic E-state index is -0.602. The lowest BCUT2D eigenvalue weighted by atomic mass is 10.1. The fourth-order valence-electron chi connectivity index (χ4n) is 2.12. The highest BCUT2D eigenvalue weighted by Gasteiger charge is 2.19. The number of rotatable bonds is 8. The number of hydrogen-bond donors (Lipinski definition) is 3. The Morgan fingerprint density at radius 1 is 1.12 bits per heavy atom. The molecule has 0 aromatic heterocycles. The molecule has 1 aromatic rings. The number of hydrogen-bond acceptors (Lipinski definition) is 4. The highest BCUT2D eigenvalue weighted by molar-refractivity contribution is 5.87. The molecule has 8 heteroatoms. The van der Waals surface area contributed by atoms with Crippen LogP contribution in [0.5, 0.6) is 0 Å². The van der Waals surface area contributed by atoms with Gasteiger partial charge in [0.1, 0.15) is 0 Å². The zero-order valence-electron chi connectivity index (χ0n) is 15.2. The minimum absolute atomic E-state index is 0. The molecule has 25 heavy (non-hydrogen) atoms. The molecule has 1 aromatic carbocycles. The average molecular weight is 393 g/mol. The van der Waals surface area contributed by atoms with E-state index >= 15 is 0 Å². The third-order valence-electron chi connectivity index (χ3n) is 3.53. The first-order valence-electron chi connectivity index (χ1n) is 7.83. The molecule has 1 rings (SSSR count). The zero-order valence-corrected chi connectivity index (χ0v) is 16.8. The summed E-state index contributed by atoms with van der Waals surface area (Å²) < 4.78 is 0. The van der Waals surface area contributed by atoms with Gasteiger partial charge in [-0.3, -0.25) is 9.59 Å². The van der Waals surface area contributed by atoms with E-state index in [1.54, 1.807) is 0 Å². The topological polar surface area (TPSA) is 87.5 Å². The fourth-order valence-corrected chi connectivity index (χ4v) is 2.12. The largest absolute Gasteiger partial charge is 0.346 e. The number of benzene rings is 1. The van der Waals surface area contributed by atoms with Crippen LogP contribution in [0.25, 0.3) is 0 Å². The highest BCUT2D eigenvalue weighted by atomic mass is 35.5. The molecule has 0 fully saturated rings. The minimum Gasteiger partial charge on any atom is -0.346 e. The average Bonchev–Trinajstić information content (AvgIpc) is 2.51. The predicted molar refractivity (Wildman–Crippen MR) is 106 cm³/mol. The normalized spacial score (nSPS) is 12.6. The molecular formula is C17H30Cl2N4O2. The summed E-state index contributed by atoms with van der Waals surface area (Å²) in [6, 6.07) is 9.03. The molecule has 1 unspecified atom stereocenters. The summed E-state index contributed by atoms with van der Waals surface area (Å²) in [6.45, 7) is 4.34.